The minimum atomic E-state index is -0.865. The van der Waals surface area contributed by atoms with E-state index in [1.165, 1.54) is 0 Å². The Morgan fingerprint density at radius 1 is 1.29 bits per heavy atom. The second-order valence-corrected chi connectivity index (χ2v) is 3.52. The lowest BCUT2D eigenvalue weighted by atomic mass is 10.3. The van der Waals surface area contributed by atoms with Crippen LogP contribution in [0, 0.1) is 0 Å². The molecule has 0 saturated carbocycles. The maximum Gasteiger partial charge on any atom is 0.177 e. The Kier molecular flexibility index (Phi) is 4.51. The van der Waals surface area contributed by atoms with Gasteiger partial charge in [0.15, 0.2) is 6.29 Å². The largest absolute Gasteiger partial charge is 0.346 e. The highest BCUT2D eigenvalue weighted by atomic mass is 16.7. The highest BCUT2D eigenvalue weighted by Gasteiger charge is 2.08. The molecule has 0 amide bonds. The van der Waals surface area contributed by atoms with Crippen LogP contribution < -0.4 is 0 Å². The van der Waals surface area contributed by atoms with Gasteiger partial charge in [-0.3, -0.25) is 0 Å². The van der Waals surface area contributed by atoms with E-state index in [0.717, 1.165) is 0 Å². The van der Waals surface area contributed by atoms with E-state index in [1.807, 2.05) is 27.7 Å². The summed E-state index contributed by atoms with van der Waals surface area (Å²) in [6, 6.07) is -0.0448. The van der Waals surface area contributed by atoms with Crippen molar-refractivity contribution in [3.63, 3.8) is 0 Å². The predicted octanol–water partition coefficient (Wildman–Crippen LogP) is 3.52. The fourth-order valence-corrected chi connectivity index (χ4v) is 0.809. The summed E-state index contributed by atoms with van der Waals surface area (Å²) < 4.78 is 41.1. The summed E-state index contributed by atoms with van der Waals surface area (Å²) in [5.74, 6) is 0. The fourth-order valence-electron chi connectivity index (χ4n) is 0.809. The third-order valence-corrected chi connectivity index (χ3v) is 1.26. The monoisotopic (exact) mass is 204 g/mol. The molecule has 0 rings (SSSR count). The molecule has 84 valence electrons. The van der Waals surface area contributed by atoms with Crippen molar-refractivity contribution in [3.05, 3.63) is 12.1 Å². The van der Waals surface area contributed by atoms with E-state index < -0.39 is 12.7 Å². The first-order valence-corrected chi connectivity index (χ1v) is 4.96. The first kappa shape index (κ1) is 7.89. The number of hydrogen-bond donors (Lipinski definition) is 0. The Morgan fingerprint density at radius 2 is 1.86 bits per heavy atom. The Morgan fingerprint density at radius 3 is 2.29 bits per heavy atom. The smallest absolute Gasteiger partial charge is 0.177 e. The molecule has 0 aliphatic heterocycles. The van der Waals surface area contributed by atoms with Crippen LogP contribution in [-0.4, -0.2) is 18.5 Å². The van der Waals surface area contributed by atoms with Crippen molar-refractivity contribution < 1.29 is 15.0 Å². The second kappa shape index (κ2) is 8.01. The Labute approximate surface area is 93.9 Å². The summed E-state index contributed by atoms with van der Waals surface area (Å²) in [7, 11) is 0. The molecule has 0 spiro atoms. The normalized spacial score (nSPS) is 20.2. The third kappa shape index (κ3) is 8.27. The van der Waals surface area contributed by atoms with E-state index in [2.05, 4.69) is 0 Å². The van der Waals surface area contributed by atoms with Gasteiger partial charge in [0.25, 0.3) is 0 Å². The van der Waals surface area contributed by atoms with Crippen LogP contribution in [-0.2, 0) is 9.47 Å². The van der Waals surface area contributed by atoms with Gasteiger partial charge >= 0.3 is 0 Å². The van der Waals surface area contributed by atoms with Crippen molar-refractivity contribution >= 4 is 0 Å². The van der Waals surface area contributed by atoms with Gasteiger partial charge in [-0.25, -0.2) is 0 Å². The quantitative estimate of drug-likeness (QED) is 0.466. The van der Waals surface area contributed by atoms with Crippen LogP contribution in [0.15, 0.2) is 12.1 Å². The number of hydrogen-bond acceptors (Lipinski definition) is 2. The molecule has 0 saturated heterocycles. The fraction of sp³-hybridized carbons (Fsp3) is 0.833. The van der Waals surface area contributed by atoms with Gasteiger partial charge in [0, 0.05) is 2.74 Å². The minimum Gasteiger partial charge on any atom is -0.346 e. The Bertz CT molecular complexity index is 257. The van der Waals surface area contributed by atoms with Gasteiger partial charge in [-0.05, 0) is 40.2 Å². The van der Waals surface area contributed by atoms with Gasteiger partial charge in [-0.15, -0.1) is 0 Å². The molecule has 1 unspecified atom stereocenters. The topological polar surface area (TPSA) is 18.5 Å². The molecule has 14 heavy (non-hydrogen) atoms. The highest BCUT2D eigenvalue weighted by molar-refractivity contribution is 4.85. The standard InChI is InChI=1S/C12H24O2/c1-6-7-8-9-12(13-10(2)3)14-11(4)5/h8-12H,6-7H2,1-5H3/b9-8-/i1D,6D,8D,9D. The summed E-state index contributed by atoms with van der Waals surface area (Å²) in [4.78, 5) is 0. The molecule has 1 atom stereocenters. The first-order valence-electron chi connectivity index (χ1n) is 7.25. The zero-order chi connectivity index (χ0) is 14.3. The van der Waals surface area contributed by atoms with E-state index in [0.29, 0.717) is 0 Å². The van der Waals surface area contributed by atoms with Crippen molar-refractivity contribution in [2.45, 2.75) is 65.9 Å². The SMILES string of the molecule is [2H]CC([2H])C/C([2H])=C(/[2H])C(OC(C)C)OC(C)C. The minimum absolute atomic E-state index is 0.00792. The summed E-state index contributed by atoms with van der Waals surface area (Å²) in [5.41, 5.74) is 0. The van der Waals surface area contributed by atoms with E-state index in [-0.39, 0.29) is 37.6 Å². The molecule has 0 fully saturated rings. The molecule has 2 nitrogen and oxygen atoms in total. The molecule has 0 aromatic heterocycles. The number of allylic oxidation sites excluding steroid dienone is 1. The molecular weight excluding hydrogens is 176 g/mol. The van der Waals surface area contributed by atoms with Crippen molar-refractivity contribution in [2.75, 3.05) is 0 Å². The van der Waals surface area contributed by atoms with Crippen LogP contribution in [0.3, 0.4) is 0 Å². The predicted molar refractivity (Wildman–Crippen MR) is 60.3 cm³/mol. The third-order valence-electron chi connectivity index (χ3n) is 1.26. The van der Waals surface area contributed by atoms with E-state index in [1.54, 1.807) is 0 Å². The van der Waals surface area contributed by atoms with E-state index in [9.17, 15) is 0 Å². The molecule has 0 aromatic carbocycles. The van der Waals surface area contributed by atoms with Crippen LogP contribution in [0.4, 0.5) is 0 Å². The molecule has 0 bridgehead atoms. The second-order valence-electron chi connectivity index (χ2n) is 3.52. The maximum absolute atomic E-state index is 7.89. The van der Waals surface area contributed by atoms with Crippen molar-refractivity contribution in [3.8, 4) is 0 Å². The van der Waals surface area contributed by atoms with Crippen LogP contribution in [0.5, 0.6) is 0 Å². The van der Waals surface area contributed by atoms with E-state index in [4.69, 9.17) is 15.0 Å². The lowest BCUT2D eigenvalue weighted by molar-refractivity contribution is -0.152. The van der Waals surface area contributed by atoms with Crippen LogP contribution in [0.25, 0.3) is 0 Å². The van der Waals surface area contributed by atoms with Gasteiger partial charge in [0.05, 0.1) is 14.9 Å². The van der Waals surface area contributed by atoms with Gasteiger partial charge in [-0.1, -0.05) is 19.3 Å². The molecule has 0 aromatic rings. The van der Waals surface area contributed by atoms with Crippen molar-refractivity contribution in [1.82, 2.24) is 0 Å². The van der Waals surface area contributed by atoms with Crippen LogP contribution in [0.1, 0.15) is 52.9 Å². The number of ether oxygens (including phenoxy) is 2. The average molecular weight is 204 g/mol. The van der Waals surface area contributed by atoms with Crippen molar-refractivity contribution in [1.29, 1.82) is 0 Å². The average Bonchev–Trinajstić information content (AvgIpc) is 2.25. The van der Waals surface area contributed by atoms with Gasteiger partial charge in [-0.2, -0.15) is 0 Å². The zero-order valence-electron chi connectivity index (χ0n) is 13.5. The summed E-state index contributed by atoms with van der Waals surface area (Å²) in [6.45, 7) is 7.28. The highest BCUT2D eigenvalue weighted by Crippen LogP contribution is 2.06. The molecule has 2 heteroatoms. The number of rotatable bonds is 7. The molecule has 0 radical (unpaired) electrons. The van der Waals surface area contributed by atoms with Crippen molar-refractivity contribution in [2.24, 2.45) is 0 Å². The Balaban J connectivity index is 4.78. The van der Waals surface area contributed by atoms with Gasteiger partial charge < -0.3 is 9.47 Å². The summed E-state index contributed by atoms with van der Waals surface area (Å²) >= 11 is 0. The molecule has 0 aliphatic carbocycles. The molecular formula is C12H24O2. The zero-order valence-corrected chi connectivity index (χ0v) is 9.54. The summed E-state index contributed by atoms with van der Waals surface area (Å²) in [6.07, 6.45) is -1.66. The van der Waals surface area contributed by atoms with Gasteiger partial charge in [0.1, 0.15) is 0 Å². The van der Waals surface area contributed by atoms with E-state index >= 15 is 0 Å². The lowest BCUT2D eigenvalue weighted by Crippen LogP contribution is -2.22. The molecule has 0 heterocycles. The maximum atomic E-state index is 7.89. The lowest BCUT2D eigenvalue weighted by Gasteiger charge is -2.20. The first-order chi connectivity index (χ1) is 8.27. The van der Waals surface area contributed by atoms with Crippen LogP contribution >= 0.6 is 0 Å². The summed E-state index contributed by atoms with van der Waals surface area (Å²) in [5, 5.41) is 0. The molecule has 0 N–H and O–H groups in total. The van der Waals surface area contributed by atoms with Gasteiger partial charge in [0.2, 0.25) is 0 Å². The van der Waals surface area contributed by atoms with Crippen LogP contribution in [0.2, 0.25) is 0 Å². The molecule has 0 aliphatic rings. The Hall–Kier alpha value is -0.340.